The van der Waals surface area contributed by atoms with E-state index in [9.17, 15) is 5.11 Å². The molecular formula is C34H36O6. The molecule has 4 aromatic rings. The van der Waals surface area contributed by atoms with E-state index in [-0.39, 0.29) is 6.61 Å². The van der Waals surface area contributed by atoms with Crippen LogP contribution in [0.15, 0.2) is 121 Å². The molecule has 208 valence electrons. The van der Waals surface area contributed by atoms with Gasteiger partial charge in [0.2, 0.25) is 0 Å². The molecule has 0 unspecified atom stereocenters. The molecule has 1 aliphatic heterocycles. The van der Waals surface area contributed by atoms with Crippen molar-refractivity contribution in [1.29, 1.82) is 0 Å². The number of rotatable bonds is 13. The van der Waals surface area contributed by atoms with Crippen LogP contribution in [0.4, 0.5) is 0 Å². The van der Waals surface area contributed by atoms with Gasteiger partial charge in [-0.25, -0.2) is 0 Å². The Bertz CT molecular complexity index is 1240. The smallest absolute Gasteiger partial charge is 0.187 e. The summed E-state index contributed by atoms with van der Waals surface area (Å²) >= 11 is 0. The minimum absolute atomic E-state index is 0.224. The van der Waals surface area contributed by atoms with Gasteiger partial charge in [-0.1, -0.05) is 121 Å². The van der Waals surface area contributed by atoms with Crippen molar-refractivity contribution in [2.75, 3.05) is 6.61 Å². The fraction of sp³-hybridized carbons (Fsp3) is 0.294. The van der Waals surface area contributed by atoms with Crippen molar-refractivity contribution in [3.05, 3.63) is 144 Å². The predicted molar refractivity (Wildman–Crippen MR) is 152 cm³/mol. The van der Waals surface area contributed by atoms with E-state index in [1.165, 1.54) is 0 Å². The monoisotopic (exact) mass is 540 g/mol. The maximum absolute atomic E-state index is 11.7. The Morgan fingerprint density at radius 2 is 0.900 bits per heavy atom. The van der Waals surface area contributed by atoms with E-state index in [0.717, 1.165) is 22.3 Å². The molecule has 0 spiro atoms. The highest BCUT2D eigenvalue weighted by molar-refractivity contribution is 5.16. The van der Waals surface area contributed by atoms with E-state index in [1.54, 1.807) is 0 Å². The molecule has 0 amide bonds. The molecule has 1 fully saturated rings. The molecule has 0 bridgehead atoms. The molecule has 6 heteroatoms. The topological polar surface area (TPSA) is 66.4 Å². The molecule has 40 heavy (non-hydrogen) atoms. The van der Waals surface area contributed by atoms with Gasteiger partial charge in [0.1, 0.15) is 24.4 Å². The molecule has 5 rings (SSSR count). The summed E-state index contributed by atoms with van der Waals surface area (Å²) in [4.78, 5) is 0. The van der Waals surface area contributed by atoms with Gasteiger partial charge in [0.25, 0.3) is 0 Å². The molecule has 4 aromatic carbocycles. The molecule has 0 saturated carbocycles. The summed E-state index contributed by atoms with van der Waals surface area (Å²) in [5.74, 6) is 0. The SMILES string of the molecule is O[C@H]1[C@@H](OCc2ccccc2)[C@@H](COCc2ccccc2)O[C@@H](OCc2ccccc2)[C@@H]1OCc1ccccc1. The first kappa shape index (κ1) is 28.2. The van der Waals surface area contributed by atoms with Crippen molar-refractivity contribution in [1.82, 2.24) is 0 Å². The lowest BCUT2D eigenvalue weighted by Gasteiger charge is -2.44. The Morgan fingerprint density at radius 3 is 1.38 bits per heavy atom. The average molecular weight is 541 g/mol. The van der Waals surface area contributed by atoms with E-state index >= 15 is 0 Å². The van der Waals surface area contributed by atoms with Crippen LogP contribution < -0.4 is 0 Å². The Balaban J connectivity index is 1.33. The lowest BCUT2D eigenvalue weighted by atomic mass is 9.98. The third-order valence-electron chi connectivity index (χ3n) is 6.84. The summed E-state index contributed by atoms with van der Waals surface area (Å²) < 4.78 is 31.3. The van der Waals surface area contributed by atoms with Gasteiger partial charge >= 0.3 is 0 Å². The second-order valence-corrected chi connectivity index (χ2v) is 9.85. The molecule has 1 N–H and O–H groups in total. The number of ether oxygens (including phenoxy) is 5. The fourth-order valence-electron chi connectivity index (χ4n) is 4.70. The van der Waals surface area contributed by atoms with Crippen molar-refractivity contribution in [3.8, 4) is 0 Å². The minimum atomic E-state index is -1.01. The highest BCUT2D eigenvalue weighted by Gasteiger charge is 2.47. The maximum atomic E-state index is 11.7. The van der Waals surface area contributed by atoms with E-state index in [4.69, 9.17) is 23.7 Å². The van der Waals surface area contributed by atoms with E-state index in [0.29, 0.717) is 26.4 Å². The zero-order valence-corrected chi connectivity index (χ0v) is 22.5. The Morgan fingerprint density at radius 1 is 0.500 bits per heavy atom. The van der Waals surface area contributed by atoms with Crippen LogP contribution in [-0.2, 0) is 50.1 Å². The summed E-state index contributed by atoms with van der Waals surface area (Å²) in [7, 11) is 0. The van der Waals surface area contributed by atoms with Gasteiger partial charge in [-0.2, -0.15) is 0 Å². The number of hydrogen-bond donors (Lipinski definition) is 1. The van der Waals surface area contributed by atoms with Gasteiger partial charge < -0.3 is 28.8 Å². The van der Waals surface area contributed by atoms with Crippen molar-refractivity contribution in [2.24, 2.45) is 0 Å². The summed E-state index contributed by atoms with van der Waals surface area (Å²) in [6.07, 6.45) is -3.85. The molecule has 1 aliphatic rings. The summed E-state index contributed by atoms with van der Waals surface area (Å²) in [6.45, 7) is 1.59. The van der Waals surface area contributed by atoms with Crippen molar-refractivity contribution in [3.63, 3.8) is 0 Å². The normalized spacial score (nSPS) is 22.7. The lowest BCUT2D eigenvalue weighted by molar-refractivity contribution is -0.323. The molecule has 6 nitrogen and oxygen atoms in total. The summed E-state index contributed by atoms with van der Waals surface area (Å²) in [6, 6.07) is 39.6. The van der Waals surface area contributed by atoms with Gasteiger partial charge in [-0.05, 0) is 22.3 Å². The highest BCUT2D eigenvalue weighted by atomic mass is 16.7. The third kappa shape index (κ3) is 8.08. The quantitative estimate of drug-likeness (QED) is 0.236. The molecule has 1 saturated heterocycles. The van der Waals surface area contributed by atoms with Crippen molar-refractivity contribution in [2.45, 2.75) is 57.1 Å². The van der Waals surface area contributed by atoms with Gasteiger partial charge in [0.05, 0.1) is 33.0 Å². The number of benzene rings is 4. The Hall–Kier alpha value is -3.36. The largest absolute Gasteiger partial charge is 0.387 e. The lowest BCUT2D eigenvalue weighted by Crippen LogP contribution is -2.60. The summed E-state index contributed by atoms with van der Waals surface area (Å²) in [5.41, 5.74) is 4.05. The Kier molecular flexibility index (Phi) is 10.5. The first-order valence-corrected chi connectivity index (χ1v) is 13.7. The second kappa shape index (κ2) is 14.9. The first-order valence-electron chi connectivity index (χ1n) is 13.7. The first-order chi connectivity index (χ1) is 19.8. The van der Waals surface area contributed by atoms with Crippen molar-refractivity contribution < 1.29 is 28.8 Å². The van der Waals surface area contributed by atoms with Crippen LogP contribution in [0.5, 0.6) is 0 Å². The molecule has 0 aromatic heterocycles. The third-order valence-corrected chi connectivity index (χ3v) is 6.84. The van der Waals surface area contributed by atoms with Gasteiger partial charge in [0, 0.05) is 0 Å². The van der Waals surface area contributed by atoms with Gasteiger partial charge in [0.15, 0.2) is 6.29 Å². The van der Waals surface area contributed by atoms with E-state index in [1.807, 2.05) is 121 Å². The fourth-order valence-corrected chi connectivity index (χ4v) is 4.70. The van der Waals surface area contributed by atoms with Crippen LogP contribution in [0, 0.1) is 0 Å². The zero-order chi connectivity index (χ0) is 27.4. The molecule has 0 aliphatic carbocycles. The second-order valence-electron chi connectivity index (χ2n) is 9.85. The van der Waals surface area contributed by atoms with Gasteiger partial charge in [-0.15, -0.1) is 0 Å². The number of hydrogen-bond acceptors (Lipinski definition) is 6. The highest BCUT2D eigenvalue weighted by Crippen LogP contribution is 2.29. The van der Waals surface area contributed by atoms with Crippen LogP contribution in [0.1, 0.15) is 22.3 Å². The minimum Gasteiger partial charge on any atom is -0.387 e. The average Bonchev–Trinajstić information content (AvgIpc) is 3.01. The van der Waals surface area contributed by atoms with Gasteiger partial charge in [-0.3, -0.25) is 0 Å². The maximum Gasteiger partial charge on any atom is 0.187 e. The standard InChI is InChI=1S/C34H36O6/c35-31-32(37-22-27-15-7-2-8-16-27)30(25-36-21-26-13-5-1-6-14-26)40-34(39-24-29-19-11-4-12-20-29)33(31)38-23-28-17-9-3-10-18-28/h1-20,30-35H,21-25H2/t30-,31+,32+,33-,34-/m1/s1. The van der Waals surface area contributed by atoms with Crippen LogP contribution in [0.25, 0.3) is 0 Å². The zero-order valence-electron chi connectivity index (χ0n) is 22.5. The van der Waals surface area contributed by atoms with Crippen LogP contribution in [0.3, 0.4) is 0 Å². The molecule has 1 heterocycles. The molecular weight excluding hydrogens is 504 g/mol. The van der Waals surface area contributed by atoms with E-state index in [2.05, 4.69) is 0 Å². The Labute approximate surface area is 236 Å². The van der Waals surface area contributed by atoms with E-state index < -0.39 is 30.7 Å². The van der Waals surface area contributed by atoms with Crippen LogP contribution in [0.2, 0.25) is 0 Å². The van der Waals surface area contributed by atoms with Crippen LogP contribution >= 0.6 is 0 Å². The predicted octanol–water partition coefficient (Wildman–Crippen LogP) is 5.68. The number of aliphatic hydroxyl groups excluding tert-OH is 1. The number of aliphatic hydroxyl groups is 1. The summed E-state index contributed by atoms with van der Waals surface area (Å²) in [5, 5.41) is 11.7. The van der Waals surface area contributed by atoms with Crippen LogP contribution in [-0.4, -0.2) is 42.4 Å². The molecule has 5 atom stereocenters. The molecule has 0 radical (unpaired) electrons. The van der Waals surface area contributed by atoms with Crippen molar-refractivity contribution >= 4 is 0 Å².